The maximum atomic E-state index is 12.9. The SMILES string of the molecule is CCCNS(=O)(=O)c1ccc(OCC(=O)Nc2cc(C(F)(F)F)cc(C(F)(F)F)c2)c(C)c1. The van der Waals surface area contributed by atoms with Crippen molar-refractivity contribution in [3.63, 3.8) is 0 Å². The Balaban J connectivity index is 2.13. The number of benzene rings is 2. The summed E-state index contributed by atoms with van der Waals surface area (Å²) < 4.78 is 109. The first kappa shape index (κ1) is 26.5. The van der Waals surface area contributed by atoms with Crippen LogP contribution in [0, 0.1) is 6.92 Å². The quantitative estimate of drug-likeness (QED) is 0.515. The minimum absolute atomic E-state index is 0.0334. The van der Waals surface area contributed by atoms with Crippen molar-refractivity contribution in [2.24, 2.45) is 0 Å². The zero-order chi connectivity index (χ0) is 25.0. The monoisotopic (exact) mass is 498 g/mol. The van der Waals surface area contributed by atoms with E-state index in [9.17, 15) is 39.6 Å². The van der Waals surface area contributed by atoms with Crippen molar-refractivity contribution in [2.75, 3.05) is 18.5 Å². The van der Waals surface area contributed by atoms with Gasteiger partial charge in [0.2, 0.25) is 10.0 Å². The summed E-state index contributed by atoms with van der Waals surface area (Å²) >= 11 is 0. The molecule has 0 radical (unpaired) electrons. The van der Waals surface area contributed by atoms with Gasteiger partial charge in [0.15, 0.2) is 6.61 Å². The van der Waals surface area contributed by atoms with Crippen LogP contribution in [0.25, 0.3) is 0 Å². The van der Waals surface area contributed by atoms with Gasteiger partial charge in [-0.05, 0) is 55.3 Å². The lowest BCUT2D eigenvalue weighted by atomic mass is 10.1. The van der Waals surface area contributed by atoms with E-state index in [1.165, 1.54) is 25.1 Å². The summed E-state index contributed by atoms with van der Waals surface area (Å²) in [5, 5.41) is 1.95. The number of hydrogen-bond acceptors (Lipinski definition) is 4. The van der Waals surface area contributed by atoms with Crippen molar-refractivity contribution in [2.45, 2.75) is 37.5 Å². The van der Waals surface area contributed by atoms with Gasteiger partial charge in [0, 0.05) is 12.2 Å². The second-order valence-electron chi connectivity index (χ2n) is 6.96. The summed E-state index contributed by atoms with van der Waals surface area (Å²) in [5.41, 5.74) is -3.50. The molecule has 0 unspecified atom stereocenters. The lowest BCUT2D eigenvalue weighted by molar-refractivity contribution is -0.143. The first-order valence-electron chi connectivity index (χ1n) is 9.46. The number of halogens is 6. The highest BCUT2D eigenvalue weighted by molar-refractivity contribution is 7.89. The topological polar surface area (TPSA) is 84.5 Å². The molecule has 2 rings (SSSR count). The zero-order valence-electron chi connectivity index (χ0n) is 17.4. The number of nitrogens with one attached hydrogen (secondary N) is 2. The first-order chi connectivity index (χ1) is 15.1. The molecular formula is C20H20F6N2O4S. The largest absolute Gasteiger partial charge is 0.483 e. The average molecular weight is 498 g/mol. The normalized spacial score (nSPS) is 12.5. The van der Waals surface area contributed by atoms with E-state index < -0.39 is 51.7 Å². The van der Waals surface area contributed by atoms with Crippen LogP contribution in [-0.2, 0) is 27.2 Å². The Morgan fingerprint density at radius 3 is 2.03 bits per heavy atom. The van der Waals surface area contributed by atoms with E-state index in [1.807, 2.05) is 5.32 Å². The molecule has 2 aromatic rings. The first-order valence-corrected chi connectivity index (χ1v) is 10.9. The van der Waals surface area contributed by atoms with Gasteiger partial charge in [-0.15, -0.1) is 0 Å². The van der Waals surface area contributed by atoms with E-state index in [4.69, 9.17) is 4.74 Å². The van der Waals surface area contributed by atoms with Crippen molar-refractivity contribution in [3.8, 4) is 5.75 Å². The molecule has 0 spiro atoms. The van der Waals surface area contributed by atoms with Crippen LogP contribution < -0.4 is 14.8 Å². The Bertz CT molecular complexity index is 1080. The molecule has 182 valence electrons. The number of hydrogen-bond donors (Lipinski definition) is 2. The summed E-state index contributed by atoms with van der Waals surface area (Å²) in [5.74, 6) is -0.900. The summed E-state index contributed by atoms with van der Waals surface area (Å²) in [4.78, 5) is 12.0. The van der Waals surface area contributed by atoms with E-state index in [1.54, 1.807) is 6.92 Å². The Hall–Kier alpha value is -2.80. The van der Waals surface area contributed by atoms with Crippen LogP contribution in [0.1, 0.15) is 30.0 Å². The molecule has 13 heteroatoms. The van der Waals surface area contributed by atoms with Gasteiger partial charge in [-0.25, -0.2) is 13.1 Å². The minimum atomic E-state index is -5.05. The Kier molecular flexibility index (Phi) is 8.01. The molecule has 0 saturated carbocycles. The molecule has 1 amide bonds. The molecule has 0 saturated heterocycles. The predicted octanol–water partition coefficient (Wildman–Crippen LogP) is 4.74. The third-order valence-corrected chi connectivity index (χ3v) is 5.69. The van der Waals surface area contributed by atoms with Crippen LogP contribution in [0.2, 0.25) is 0 Å². The molecule has 0 fully saturated rings. The summed E-state index contributed by atoms with van der Waals surface area (Å²) in [6.45, 7) is 2.80. The number of alkyl halides is 6. The molecule has 0 aromatic heterocycles. The summed E-state index contributed by atoms with van der Waals surface area (Å²) in [7, 11) is -3.73. The van der Waals surface area contributed by atoms with Gasteiger partial charge in [-0.1, -0.05) is 6.92 Å². The number of amides is 1. The van der Waals surface area contributed by atoms with Gasteiger partial charge >= 0.3 is 12.4 Å². The van der Waals surface area contributed by atoms with Crippen molar-refractivity contribution in [3.05, 3.63) is 53.1 Å². The number of anilines is 1. The average Bonchev–Trinajstić information content (AvgIpc) is 2.69. The second-order valence-corrected chi connectivity index (χ2v) is 8.72. The highest BCUT2D eigenvalue weighted by Gasteiger charge is 2.37. The van der Waals surface area contributed by atoms with Gasteiger partial charge in [-0.2, -0.15) is 26.3 Å². The zero-order valence-corrected chi connectivity index (χ0v) is 18.2. The highest BCUT2D eigenvalue weighted by Crippen LogP contribution is 2.37. The van der Waals surface area contributed by atoms with Crippen LogP contribution in [0.5, 0.6) is 5.75 Å². The Morgan fingerprint density at radius 2 is 1.55 bits per heavy atom. The molecule has 2 N–H and O–H groups in total. The third-order valence-electron chi connectivity index (χ3n) is 4.23. The number of aryl methyl sites for hydroxylation is 1. The smallest absolute Gasteiger partial charge is 0.416 e. The van der Waals surface area contributed by atoms with E-state index in [-0.39, 0.29) is 23.3 Å². The molecule has 2 aromatic carbocycles. The predicted molar refractivity (Wildman–Crippen MR) is 107 cm³/mol. The van der Waals surface area contributed by atoms with Crippen molar-refractivity contribution < 1.29 is 44.3 Å². The number of rotatable bonds is 8. The summed E-state index contributed by atoms with van der Waals surface area (Å²) in [6, 6.07) is 4.52. The van der Waals surface area contributed by atoms with Gasteiger partial charge in [0.25, 0.3) is 5.91 Å². The second kappa shape index (κ2) is 10.00. The van der Waals surface area contributed by atoms with E-state index in [0.717, 1.165) is 0 Å². The maximum Gasteiger partial charge on any atom is 0.416 e. The standard InChI is InChI=1S/C20H20F6N2O4S/c1-3-6-27-33(30,31)16-4-5-17(12(2)7-16)32-11-18(29)28-15-9-13(19(21,22)23)8-14(10-15)20(24,25)26/h4-5,7-10,27H,3,6,11H2,1-2H3,(H,28,29). The van der Waals surface area contributed by atoms with Crippen LogP contribution in [-0.4, -0.2) is 27.5 Å². The minimum Gasteiger partial charge on any atom is -0.483 e. The van der Waals surface area contributed by atoms with Crippen LogP contribution >= 0.6 is 0 Å². The molecule has 0 aliphatic heterocycles. The molecule has 0 bridgehead atoms. The summed E-state index contributed by atoms with van der Waals surface area (Å²) in [6.07, 6.45) is -9.52. The lowest BCUT2D eigenvalue weighted by Gasteiger charge is -2.15. The van der Waals surface area contributed by atoms with E-state index >= 15 is 0 Å². The molecule has 0 aliphatic rings. The van der Waals surface area contributed by atoms with Crippen LogP contribution in [0.15, 0.2) is 41.3 Å². The van der Waals surface area contributed by atoms with Crippen molar-refractivity contribution in [1.82, 2.24) is 4.72 Å². The highest BCUT2D eigenvalue weighted by atomic mass is 32.2. The fourth-order valence-corrected chi connectivity index (χ4v) is 3.86. The Labute approximate surface area is 186 Å². The van der Waals surface area contributed by atoms with Crippen molar-refractivity contribution >= 4 is 21.6 Å². The van der Waals surface area contributed by atoms with Crippen LogP contribution in [0.3, 0.4) is 0 Å². The molecule has 0 atom stereocenters. The van der Waals surface area contributed by atoms with E-state index in [0.29, 0.717) is 24.1 Å². The van der Waals surface area contributed by atoms with Crippen molar-refractivity contribution in [1.29, 1.82) is 0 Å². The fraction of sp³-hybridized carbons (Fsp3) is 0.350. The van der Waals surface area contributed by atoms with Gasteiger partial charge < -0.3 is 10.1 Å². The molecule has 6 nitrogen and oxygen atoms in total. The number of carbonyl (C=O) groups excluding carboxylic acids is 1. The third kappa shape index (κ3) is 7.35. The molecule has 33 heavy (non-hydrogen) atoms. The number of ether oxygens (including phenoxy) is 1. The van der Waals surface area contributed by atoms with Gasteiger partial charge in [-0.3, -0.25) is 4.79 Å². The van der Waals surface area contributed by atoms with Gasteiger partial charge in [0.1, 0.15) is 5.75 Å². The number of carbonyl (C=O) groups is 1. The van der Waals surface area contributed by atoms with E-state index in [2.05, 4.69) is 4.72 Å². The number of sulfonamides is 1. The fourth-order valence-electron chi connectivity index (χ4n) is 2.64. The molecule has 0 aliphatic carbocycles. The maximum absolute atomic E-state index is 12.9. The Morgan fingerprint density at radius 1 is 0.970 bits per heavy atom. The van der Waals surface area contributed by atoms with Gasteiger partial charge in [0.05, 0.1) is 16.0 Å². The van der Waals surface area contributed by atoms with Crippen LogP contribution in [0.4, 0.5) is 32.0 Å². The lowest BCUT2D eigenvalue weighted by Crippen LogP contribution is -2.24. The molecule has 0 heterocycles. The molecular weight excluding hydrogens is 478 g/mol.